The average molecular weight is 398 g/mol. The van der Waals surface area contributed by atoms with Crippen LogP contribution in [-0.4, -0.2) is 52.7 Å². The lowest BCUT2D eigenvalue weighted by Gasteiger charge is -2.31. The molecule has 7 nitrogen and oxygen atoms in total. The molecular weight excluding hydrogens is 377 g/mol. The quantitative estimate of drug-likeness (QED) is 0.829. The number of carbonyl (C=O) groups excluding carboxylic acids is 2. The fourth-order valence-corrected chi connectivity index (χ4v) is 3.34. The van der Waals surface area contributed by atoms with Crippen molar-refractivity contribution >= 4 is 11.8 Å². The highest BCUT2D eigenvalue weighted by Gasteiger charge is 2.30. The van der Waals surface area contributed by atoms with Crippen molar-refractivity contribution in [2.45, 2.75) is 38.8 Å². The number of rotatable bonds is 4. The number of hydrogen-bond donors (Lipinski definition) is 2. The standard InChI is InChI=1S/C18H21F3N4O3/c1-10-7-13(11(2)28-10)17(27)25-5-3-12(4-6-25)14-8-15(24-23-14)16(26)22-9-18(19,20)21/h7-8,12H,3-6,9H2,1-2H3,(H,22,26)(H,23,24). The molecule has 0 atom stereocenters. The Morgan fingerprint density at radius 3 is 2.54 bits per heavy atom. The molecule has 28 heavy (non-hydrogen) atoms. The highest BCUT2D eigenvalue weighted by Crippen LogP contribution is 2.28. The molecule has 0 spiro atoms. The summed E-state index contributed by atoms with van der Waals surface area (Å²) in [6.45, 7) is 3.20. The molecule has 0 bridgehead atoms. The van der Waals surface area contributed by atoms with Crippen LogP contribution in [0.2, 0.25) is 0 Å². The SMILES string of the molecule is Cc1cc(C(=O)N2CCC(c3cc(C(=O)NCC(F)(F)F)n[nH]3)CC2)c(C)o1. The normalized spacial score (nSPS) is 15.7. The lowest BCUT2D eigenvalue weighted by atomic mass is 9.93. The predicted molar refractivity (Wildman–Crippen MR) is 93.0 cm³/mol. The summed E-state index contributed by atoms with van der Waals surface area (Å²) in [4.78, 5) is 26.1. The van der Waals surface area contributed by atoms with Gasteiger partial charge in [-0.15, -0.1) is 0 Å². The maximum Gasteiger partial charge on any atom is 0.405 e. The molecule has 1 saturated heterocycles. The van der Waals surface area contributed by atoms with E-state index in [1.807, 2.05) is 0 Å². The first-order valence-electron chi connectivity index (χ1n) is 8.90. The Morgan fingerprint density at radius 2 is 1.96 bits per heavy atom. The van der Waals surface area contributed by atoms with Crippen LogP contribution in [0.5, 0.6) is 0 Å². The Hall–Kier alpha value is -2.78. The van der Waals surface area contributed by atoms with Crippen LogP contribution < -0.4 is 5.32 Å². The molecule has 1 aliphatic heterocycles. The van der Waals surface area contributed by atoms with Gasteiger partial charge in [0.2, 0.25) is 0 Å². The average Bonchev–Trinajstić information content (AvgIpc) is 3.25. The monoisotopic (exact) mass is 398 g/mol. The zero-order valence-corrected chi connectivity index (χ0v) is 15.5. The van der Waals surface area contributed by atoms with Gasteiger partial charge in [-0.05, 0) is 38.8 Å². The Balaban J connectivity index is 1.57. The van der Waals surface area contributed by atoms with E-state index in [0.29, 0.717) is 48.7 Å². The smallest absolute Gasteiger partial charge is 0.405 e. The van der Waals surface area contributed by atoms with Gasteiger partial charge in [-0.2, -0.15) is 18.3 Å². The van der Waals surface area contributed by atoms with Crippen molar-refractivity contribution in [1.82, 2.24) is 20.4 Å². The van der Waals surface area contributed by atoms with Crippen molar-refractivity contribution in [3.05, 3.63) is 40.6 Å². The zero-order valence-electron chi connectivity index (χ0n) is 15.5. The number of furan rings is 1. The fourth-order valence-electron chi connectivity index (χ4n) is 3.34. The van der Waals surface area contributed by atoms with Gasteiger partial charge in [0.15, 0.2) is 0 Å². The van der Waals surface area contributed by atoms with Crippen molar-refractivity contribution < 1.29 is 27.2 Å². The Bertz CT molecular complexity index is 864. The number of nitrogens with one attached hydrogen (secondary N) is 2. The summed E-state index contributed by atoms with van der Waals surface area (Å²) in [6.07, 6.45) is -3.15. The molecule has 0 aliphatic carbocycles. The van der Waals surface area contributed by atoms with Crippen LogP contribution >= 0.6 is 0 Å². The number of carbonyl (C=O) groups is 2. The molecule has 0 radical (unpaired) electrons. The first-order valence-corrected chi connectivity index (χ1v) is 8.90. The van der Waals surface area contributed by atoms with Gasteiger partial charge in [0, 0.05) is 24.7 Å². The molecule has 152 valence electrons. The number of aromatic nitrogens is 2. The molecule has 10 heteroatoms. The Morgan fingerprint density at radius 1 is 1.29 bits per heavy atom. The number of hydrogen-bond acceptors (Lipinski definition) is 4. The van der Waals surface area contributed by atoms with Crippen molar-refractivity contribution in [2.24, 2.45) is 0 Å². The first kappa shape index (κ1) is 20.0. The Labute approximate surface area is 159 Å². The third kappa shape index (κ3) is 4.55. The third-order valence-corrected chi connectivity index (χ3v) is 4.77. The fraction of sp³-hybridized carbons (Fsp3) is 0.500. The molecule has 3 rings (SSSR count). The first-order chi connectivity index (χ1) is 13.1. The van der Waals surface area contributed by atoms with Gasteiger partial charge in [0.1, 0.15) is 23.8 Å². The number of amides is 2. The summed E-state index contributed by atoms with van der Waals surface area (Å²) in [6, 6.07) is 3.20. The number of alkyl halides is 3. The maximum atomic E-state index is 12.6. The number of piperidine rings is 1. The second kappa shape index (κ2) is 7.69. The largest absolute Gasteiger partial charge is 0.466 e. The molecule has 0 saturated carbocycles. The summed E-state index contributed by atoms with van der Waals surface area (Å²) in [7, 11) is 0. The highest BCUT2D eigenvalue weighted by molar-refractivity contribution is 5.95. The predicted octanol–water partition coefficient (Wildman–Crippen LogP) is 2.93. The van der Waals surface area contributed by atoms with E-state index in [2.05, 4.69) is 10.2 Å². The second-order valence-electron chi connectivity index (χ2n) is 6.90. The van der Waals surface area contributed by atoms with Gasteiger partial charge >= 0.3 is 6.18 Å². The lowest BCUT2D eigenvalue weighted by molar-refractivity contribution is -0.123. The maximum absolute atomic E-state index is 12.6. The minimum absolute atomic E-state index is 0.0490. The minimum atomic E-state index is -4.47. The van der Waals surface area contributed by atoms with Crippen molar-refractivity contribution in [2.75, 3.05) is 19.6 Å². The number of H-pyrrole nitrogens is 1. The van der Waals surface area contributed by atoms with Crippen LogP contribution in [0.1, 0.15) is 56.8 Å². The van der Waals surface area contributed by atoms with Gasteiger partial charge in [0.25, 0.3) is 11.8 Å². The summed E-state index contributed by atoms with van der Waals surface area (Å²) in [5, 5.41) is 8.34. The summed E-state index contributed by atoms with van der Waals surface area (Å²) in [5.41, 5.74) is 1.16. The molecule has 2 amide bonds. The molecule has 1 aliphatic rings. The van der Waals surface area contributed by atoms with Crippen LogP contribution in [0.25, 0.3) is 0 Å². The third-order valence-electron chi connectivity index (χ3n) is 4.77. The topological polar surface area (TPSA) is 91.2 Å². The summed E-state index contributed by atoms with van der Waals surface area (Å²) >= 11 is 0. The van der Waals surface area contributed by atoms with E-state index in [4.69, 9.17) is 4.42 Å². The molecular formula is C18H21F3N4O3. The van der Waals surface area contributed by atoms with E-state index in [0.717, 1.165) is 0 Å². The van der Waals surface area contributed by atoms with Crippen molar-refractivity contribution in [1.29, 1.82) is 0 Å². The number of nitrogens with zero attached hydrogens (tertiary/aromatic N) is 2. The molecule has 1 fully saturated rings. The van der Waals surface area contributed by atoms with E-state index < -0.39 is 18.6 Å². The molecule has 3 heterocycles. The van der Waals surface area contributed by atoms with Crippen LogP contribution in [-0.2, 0) is 0 Å². The molecule has 2 N–H and O–H groups in total. The lowest BCUT2D eigenvalue weighted by Crippen LogP contribution is -2.38. The molecule has 2 aromatic heterocycles. The van der Waals surface area contributed by atoms with E-state index in [1.54, 1.807) is 30.1 Å². The van der Waals surface area contributed by atoms with Gasteiger partial charge < -0.3 is 14.6 Å². The highest BCUT2D eigenvalue weighted by atomic mass is 19.4. The van der Waals surface area contributed by atoms with Crippen molar-refractivity contribution in [3.8, 4) is 0 Å². The number of likely N-dealkylation sites (tertiary alicyclic amines) is 1. The summed E-state index contributed by atoms with van der Waals surface area (Å²) in [5.74, 6) is 0.369. The van der Waals surface area contributed by atoms with Crippen LogP contribution in [0, 0.1) is 13.8 Å². The zero-order chi connectivity index (χ0) is 20.5. The molecule has 0 aromatic carbocycles. The van der Waals surface area contributed by atoms with Crippen LogP contribution in [0.4, 0.5) is 13.2 Å². The molecule has 2 aromatic rings. The Kier molecular flexibility index (Phi) is 5.48. The molecule has 0 unspecified atom stereocenters. The number of aryl methyl sites for hydroxylation is 2. The number of halogens is 3. The van der Waals surface area contributed by atoms with E-state index in [-0.39, 0.29) is 17.5 Å². The van der Waals surface area contributed by atoms with Gasteiger partial charge in [-0.3, -0.25) is 14.7 Å². The van der Waals surface area contributed by atoms with Gasteiger partial charge in [0.05, 0.1) is 5.56 Å². The van der Waals surface area contributed by atoms with Gasteiger partial charge in [-0.1, -0.05) is 0 Å². The van der Waals surface area contributed by atoms with Crippen molar-refractivity contribution in [3.63, 3.8) is 0 Å². The number of aromatic amines is 1. The van der Waals surface area contributed by atoms with Gasteiger partial charge in [-0.25, -0.2) is 0 Å². The summed E-state index contributed by atoms with van der Waals surface area (Å²) < 4.78 is 42.0. The van der Waals surface area contributed by atoms with E-state index in [9.17, 15) is 22.8 Å². The second-order valence-corrected chi connectivity index (χ2v) is 6.90. The van der Waals surface area contributed by atoms with E-state index >= 15 is 0 Å². The van der Waals surface area contributed by atoms with Crippen LogP contribution in [0.15, 0.2) is 16.5 Å². The van der Waals surface area contributed by atoms with E-state index in [1.165, 1.54) is 6.07 Å². The van der Waals surface area contributed by atoms with Crippen LogP contribution in [0.3, 0.4) is 0 Å². The minimum Gasteiger partial charge on any atom is -0.466 e.